The summed E-state index contributed by atoms with van der Waals surface area (Å²) >= 11 is 0. The number of hydrogen-bond acceptors (Lipinski definition) is 3. The standard InChI is InChI=1S/C9H7N.C8H16N2/c1-2-6-9-8(4-1)5-3-7-10-9;1-3-5-10-7-6-9(4-2)8-10/h1-7H;6-7H,3-5,8H2,1-2H3. The third-order valence-corrected chi connectivity index (χ3v) is 3.28. The number of nitrogens with zero attached hydrogens (tertiary/aromatic N) is 3. The maximum atomic E-state index is 4.18. The number of benzene rings is 1. The van der Waals surface area contributed by atoms with Crippen molar-refractivity contribution >= 4 is 10.9 Å². The Balaban J connectivity index is 0.000000147. The highest BCUT2D eigenvalue weighted by Gasteiger charge is 2.07. The van der Waals surface area contributed by atoms with Crippen molar-refractivity contribution in [2.45, 2.75) is 20.3 Å². The predicted molar refractivity (Wildman–Crippen MR) is 85.1 cm³/mol. The van der Waals surface area contributed by atoms with Crippen LogP contribution in [0.15, 0.2) is 55.0 Å². The summed E-state index contributed by atoms with van der Waals surface area (Å²) in [7, 11) is 0. The second kappa shape index (κ2) is 7.53. The summed E-state index contributed by atoms with van der Waals surface area (Å²) in [5, 5.41) is 1.20. The molecule has 0 unspecified atom stereocenters. The molecule has 1 aromatic heterocycles. The lowest BCUT2D eigenvalue weighted by Gasteiger charge is -2.18. The highest BCUT2D eigenvalue weighted by atomic mass is 15.3. The smallest absolute Gasteiger partial charge is 0.0893 e. The van der Waals surface area contributed by atoms with Gasteiger partial charge in [-0.05, 0) is 25.5 Å². The van der Waals surface area contributed by atoms with Crippen molar-refractivity contribution < 1.29 is 0 Å². The monoisotopic (exact) mass is 269 g/mol. The molecule has 3 heteroatoms. The molecule has 2 heterocycles. The summed E-state index contributed by atoms with van der Waals surface area (Å²) in [6.45, 7) is 7.79. The van der Waals surface area contributed by atoms with E-state index < -0.39 is 0 Å². The van der Waals surface area contributed by atoms with Crippen molar-refractivity contribution in [2.24, 2.45) is 0 Å². The van der Waals surface area contributed by atoms with Crippen LogP contribution in [0.25, 0.3) is 10.9 Å². The van der Waals surface area contributed by atoms with Gasteiger partial charge in [0.05, 0.1) is 12.2 Å². The van der Waals surface area contributed by atoms with Crippen LogP contribution < -0.4 is 0 Å². The zero-order chi connectivity index (χ0) is 14.2. The molecule has 3 nitrogen and oxygen atoms in total. The van der Waals surface area contributed by atoms with Crippen molar-refractivity contribution in [2.75, 3.05) is 19.8 Å². The summed E-state index contributed by atoms with van der Waals surface area (Å²) in [5.41, 5.74) is 1.06. The van der Waals surface area contributed by atoms with Gasteiger partial charge in [0.2, 0.25) is 0 Å². The Morgan fingerprint density at radius 2 is 1.75 bits per heavy atom. The predicted octanol–water partition coefficient (Wildman–Crippen LogP) is 3.70. The van der Waals surface area contributed by atoms with Crippen molar-refractivity contribution in [3.63, 3.8) is 0 Å². The van der Waals surface area contributed by atoms with E-state index in [4.69, 9.17) is 0 Å². The van der Waals surface area contributed by atoms with Gasteiger partial charge >= 0.3 is 0 Å². The first-order chi connectivity index (χ1) is 9.83. The summed E-state index contributed by atoms with van der Waals surface area (Å²) in [6, 6.07) is 12.1. The molecular weight excluding hydrogens is 246 g/mol. The molecule has 20 heavy (non-hydrogen) atoms. The lowest BCUT2D eigenvalue weighted by Crippen LogP contribution is -2.25. The molecule has 3 rings (SSSR count). The largest absolute Gasteiger partial charge is 0.359 e. The van der Waals surface area contributed by atoms with E-state index in [1.54, 1.807) is 0 Å². The average molecular weight is 269 g/mol. The Hall–Kier alpha value is -2.03. The molecule has 1 aliphatic rings. The van der Waals surface area contributed by atoms with E-state index >= 15 is 0 Å². The Morgan fingerprint density at radius 1 is 1.00 bits per heavy atom. The van der Waals surface area contributed by atoms with Gasteiger partial charge in [-0.15, -0.1) is 0 Å². The minimum atomic E-state index is 1.06. The second-order valence-corrected chi connectivity index (χ2v) is 4.85. The van der Waals surface area contributed by atoms with Crippen LogP contribution in [-0.4, -0.2) is 34.5 Å². The van der Waals surface area contributed by atoms with Gasteiger partial charge in [-0.3, -0.25) is 4.98 Å². The van der Waals surface area contributed by atoms with Gasteiger partial charge in [0.15, 0.2) is 0 Å². The molecule has 106 valence electrons. The number of aromatic nitrogens is 1. The highest BCUT2D eigenvalue weighted by Crippen LogP contribution is 2.08. The number of fused-ring (bicyclic) bond motifs is 1. The van der Waals surface area contributed by atoms with Gasteiger partial charge in [0.25, 0.3) is 0 Å². The maximum absolute atomic E-state index is 4.18. The fourth-order valence-corrected chi connectivity index (χ4v) is 2.17. The fourth-order valence-electron chi connectivity index (χ4n) is 2.17. The first kappa shape index (κ1) is 14.4. The third kappa shape index (κ3) is 3.98. The van der Waals surface area contributed by atoms with Gasteiger partial charge in [-0.25, -0.2) is 0 Å². The Morgan fingerprint density at radius 3 is 2.45 bits per heavy atom. The number of hydrogen-bond donors (Lipinski definition) is 0. The molecule has 0 aliphatic carbocycles. The molecule has 0 saturated carbocycles. The minimum Gasteiger partial charge on any atom is -0.359 e. The summed E-state index contributed by atoms with van der Waals surface area (Å²) < 4.78 is 0. The maximum Gasteiger partial charge on any atom is 0.0893 e. The molecule has 1 aromatic carbocycles. The van der Waals surface area contributed by atoms with E-state index in [0.29, 0.717) is 0 Å². The van der Waals surface area contributed by atoms with Gasteiger partial charge in [-0.1, -0.05) is 31.2 Å². The SMILES string of the molecule is CCCN1C=CN(CC)C1.c1ccc2ncccc2c1. The van der Waals surface area contributed by atoms with E-state index in [1.165, 1.54) is 18.4 Å². The van der Waals surface area contributed by atoms with Crippen LogP contribution in [0.2, 0.25) is 0 Å². The number of pyridine rings is 1. The van der Waals surface area contributed by atoms with E-state index in [1.807, 2.05) is 30.5 Å². The number of para-hydroxylation sites is 1. The van der Waals surface area contributed by atoms with Crippen LogP contribution in [-0.2, 0) is 0 Å². The molecule has 0 saturated heterocycles. The number of rotatable bonds is 3. The fraction of sp³-hybridized carbons (Fsp3) is 0.353. The van der Waals surface area contributed by atoms with Gasteiger partial charge in [0.1, 0.15) is 0 Å². The van der Waals surface area contributed by atoms with Crippen molar-refractivity contribution in [1.82, 2.24) is 14.8 Å². The van der Waals surface area contributed by atoms with E-state index in [9.17, 15) is 0 Å². The molecule has 0 amide bonds. The van der Waals surface area contributed by atoms with E-state index in [2.05, 4.69) is 53.2 Å². The van der Waals surface area contributed by atoms with Crippen LogP contribution in [0.4, 0.5) is 0 Å². The van der Waals surface area contributed by atoms with E-state index in [-0.39, 0.29) is 0 Å². The molecule has 0 atom stereocenters. The summed E-state index contributed by atoms with van der Waals surface area (Å²) in [4.78, 5) is 8.82. The minimum absolute atomic E-state index is 1.06. The summed E-state index contributed by atoms with van der Waals surface area (Å²) in [5.74, 6) is 0. The first-order valence-corrected chi connectivity index (χ1v) is 7.29. The molecule has 0 radical (unpaired) electrons. The third-order valence-electron chi connectivity index (χ3n) is 3.28. The molecule has 0 N–H and O–H groups in total. The van der Waals surface area contributed by atoms with Gasteiger partial charge in [0, 0.05) is 37.1 Å². The molecule has 0 bridgehead atoms. The second-order valence-electron chi connectivity index (χ2n) is 4.85. The van der Waals surface area contributed by atoms with Crippen LogP contribution in [0.3, 0.4) is 0 Å². The van der Waals surface area contributed by atoms with E-state index in [0.717, 1.165) is 18.7 Å². The molecule has 0 spiro atoms. The van der Waals surface area contributed by atoms with Crippen LogP contribution >= 0.6 is 0 Å². The Kier molecular flexibility index (Phi) is 5.42. The van der Waals surface area contributed by atoms with Gasteiger partial charge < -0.3 is 9.80 Å². The first-order valence-electron chi connectivity index (χ1n) is 7.29. The quantitative estimate of drug-likeness (QED) is 0.847. The summed E-state index contributed by atoms with van der Waals surface area (Å²) in [6.07, 6.45) is 7.38. The Bertz CT molecular complexity index is 485. The van der Waals surface area contributed by atoms with Crippen LogP contribution in [0.5, 0.6) is 0 Å². The molecule has 2 aromatic rings. The topological polar surface area (TPSA) is 19.4 Å². The van der Waals surface area contributed by atoms with Crippen molar-refractivity contribution in [1.29, 1.82) is 0 Å². The van der Waals surface area contributed by atoms with Crippen molar-refractivity contribution in [3.05, 3.63) is 55.0 Å². The van der Waals surface area contributed by atoms with Crippen LogP contribution in [0, 0.1) is 0 Å². The highest BCUT2D eigenvalue weighted by molar-refractivity contribution is 5.77. The Labute approximate surface area is 121 Å². The lowest BCUT2D eigenvalue weighted by atomic mass is 10.2. The molecular formula is C17H23N3. The lowest BCUT2D eigenvalue weighted by molar-refractivity contribution is 0.273. The van der Waals surface area contributed by atoms with Crippen LogP contribution in [0.1, 0.15) is 20.3 Å². The zero-order valence-electron chi connectivity index (χ0n) is 12.4. The average Bonchev–Trinajstić information content (AvgIpc) is 2.96. The van der Waals surface area contributed by atoms with Crippen molar-refractivity contribution in [3.8, 4) is 0 Å². The normalized spacial score (nSPS) is 13.5. The zero-order valence-corrected chi connectivity index (χ0v) is 12.4. The molecule has 1 aliphatic heterocycles. The molecule has 0 fully saturated rings. The van der Waals surface area contributed by atoms with Gasteiger partial charge in [-0.2, -0.15) is 0 Å².